The van der Waals surface area contributed by atoms with Crippen molar-refractivity contribution in [2.45, 2.75) is 13.0 Å². The molecule has 0 spiro atoms. The third kappa shape index (κ3) is 2.60. The van der Waals surface area contributed by atoms with Gasteiger partial charge < -0.3 is 4.90 Å². The van der Waals surface area contributed by atoms with Gasteiger partial charge in [0.05, 0.1) is 5.92 Å². The molecule has 108 valence electrons. The summed E-state index contributed by atoms with van der Waals surface area (Å²) in [5, 5.41) is 2.29. The first kappa shape index (κ1) is 13.6. The molecule has 5 heteroatoms. The van der Waals surface area contributed by atoms with Gasteiger partial charge in [-0.2, -0.15) is 0 Å². The van der Waals surface area contributed by atoms with Gasteiger partial charge in [0.2, 0.25) is 11.8 Å². The average Bonchev–Trinajstić information content (AvgIpc) is 2.88. The maximum Gasteiger partial charge on any atom is 0.239 e. The highest BCUT2D eigenvalue weighted by Gasteiger charge is 2.33. The summed E-state index contributed by atoms with van der Waals surface area (Å²) >= 11 is 0. The van der Waals surface area contributed by atoms with Crippen LogP contribution in [0.3, 0.4) is 0 Å². The predicted octanol–water partition coefficient (Wildman–Crippen LogP) is 1.18. The summed E-state index contributed by atoms with van der Waals surface area (Å²) in [5.41, 5.74) is 3.22. The molecule has 0 radical (unpaired) electrons. The van der Waals surface area contributed by atoms with E-state index in [1.54, 1.807) is 4.90 Å². The van der Waals surface area contributed by atoms with Gasteiger partial charge >= 0.3 is 0 Å². The van der Waals surface area contributed by atoms with Crippen LogP contribution in [0.25, 0.3) is 10.8 Å². The van der Waals surface area contributed by atoms with E-state index in [0.29, 0.717) is 13.1 Å². The van der Waals surface area contributed by atoms with Crippen LogP contribution in [0.15, 0.2) is 42.5 Å². The van der Waals surface area contributed by atoms with E-state index < -0.39 is 0 Å². The lowest BCUT2D eigenvalue weighted by Gasteiger charge is -2.17. The molecule has 0 aromatic heterocycles. The van der Waals surface area contributed by atoms with Crippen LogP contribution in [0.1, 0.15) is 12.0 Å². The molecule has 1 heterocycles. The molecule has 2 amide bonds. The molecule has 1 aliphatic rings. The number of amides is 2. The summed E-state index contributed by atoms with van der Waals surface area (Å²) in [7, 11) is 0. The van der Waals surface area contributed by atoms with E-state index in [1.165, 1.54) is 0 Å². The van der Waals surface area contributed by atoms with E-state index in [0.717, 1.165) is 16.3 Å². The molecule has 1 saturated heterocycles. The lowest BCUT2D eigenvalue weighted by Crippen LogP contribution is -2.37. The molecule has 0 saturated carbocycles. The Morgan fingerprint density at radius 1 is 1.24 bits per heavy atom. The van der Waals surface area contributed by atoms with Gasteiger partial charge in [-0.25, -0.2) is 5.84 Å². The van der Waals surface area contributed by atoms with Gasteiger partial charge in [0.1, 0.15) is 0 Å². The largest absolute Gasteiger partial charge is 0.338 e. The second kappa shape index (κ2) is 5.54. The number of nitrogens with zero attached hydrogens (tertiary/aromatic N) is 1. The molecule has 2 aromatic carbocycles. The summed E-state index contributed by atoms with van der Waals surface area (Å²) in [5.74, 6) is 4.51. The zero-order valence-corrected chi connectivity index (χ0v) is 11.6. The molecule has 3 N–H and O–H groups in total. The van der Waals surface area contributed by atoms with E-state index in [4.69, 9.17) is 5.84 Å². The van der Waals surface area contributed by atoms with E-state index in [-0.39, 0.29) is 24.2 Å². The van der Waals surface area contributed by atoms with Crippen molar-refractivity contribution in [1.29, 1.82) is 0 Å². The SMILES string of the molecule is NNC(=O)[C@@H]1CC(=O)N(Cc2cccc3ccccc23)C1. The maximum atomic E-state index is 12.1. The third-order valence-electron chi connectivity index (χ3n) is 3.97. The molecular formula is C16H17N3O2. The zero-order chi connectivity index (χ0) is 14.8. The lowest BCUT2D eigenvalue weighted by molar-refractivity contribution is -0.129. The predicted molar refractivity (Wildman–Crippen MR) is 79.8 cm³/mol. The van der Waals surface area contributed by atoms with Crippen LogP contribution in [-0.2, 0) is 16.1 Å². The highest BCUT2D eigenvalue weighted by Crippen LogP contribution is 2.24. The van der Waals surface area contributed by atoms with Gasteiger partial charge in [-0.15, -0.1) is 0 Å². The number of fused-ring (bicyclic) bond motifs is 1. The second-order valence-corrected chi connectivity index (χ2v) is 5.32. The molecule has 0 unspecified atom stereocenters. The van der Waals surface area contributed by atoms with Crippen LogP contribution in [-0.4, -0.2) is 23.3 Å². The highest BCUT2D eigenvalue weighted by molar-refractivity contribution is 5.90. The van der Waals surface area contributed by atoms with E-state index >= 15 is 0 Å². The number of carbonyl (C=O) groups is 2. The Morgan fingerprint density at radius 3 is 2.81 bits per heavy atom. The van der Waals surface area contributed by atoms with E-state index in [1.807, 2.05) is 24.3 Å². The minimum absolute atomic E-state index is 0.00321. The first-order valence-corrected chi connectivity index (χ1v) is 6.94. The molecule has 2 aromatic rings. The van der Waals surface area contributed by atoms with Crippen LogP contribution in [0.2, 0.25) is 0 Å². The minimum Gasteiger partial charge on any atom is -0.338 e. The second-order valence-electron chi connectivity index (χ2n) is 5.32. The molecule has 5 nitrogen and oxygen atoms in total. The first-order valence-electron chi connectivity index (χ1n) is 6.94. The summed E-state index contributed by atoms with van der Waals surface area (Å²) in [6.45, 7) is 0.944. The third-order valence-corrected chi connectivity index (χ3v) is 3.97. The smallest absolute Gasteiger partial charge is 0.239 e. The fourth-order valence-corrected chi connectivity index (χ4v) is 2.85. The van der Waals surface area contributed by atoms with Crippen molar-refractivity contribution in [2.75, 3.05) is 6.54 Å². The normalized spacial score (nSPS) is 18.2. The van der Waals surface area contributed by atoms with E-state index in [9.17, 15) is 9.59 Å². The lowest BCUT2D eigenvalue weighted by atomic mass is 10.0. The standard InChI is InChI=1S/C16H17N3O2/c17-18-16(21)13-8-15(20)19(10-13)9-12-6-3-5-11-4-1-2-7-14(11)12/h1-7,13H,8-10,17H2,(H,18,21)/t13-/m1/s1. The van der Waals surface area contributed by atoms with Gasteiger partial charge in [-0.1, -0.05) is 42.5 Å². The Morgan fingerprint density at radius 2 is 2.00 bits per heavy atom. The first-order chi connectivity index (χ1) is 10.2. The Kier molecular flexibility index (Phi) is 3.58. The molecule has 1 aliphatic heterocycles. The highest BCUT2D eigenvalue weighted by atomic mass is 16.2. The number of hydrazine groups is 1. The van der Waals surface area contributed by atoms with Gasteiger partial charge in [-0.05, 0) is 16.3 Å². The van der Waals surface area contributed by atoms with Crippen molar-refractivity contribution in [3.8, 4) is 0 Å². The average molecular weight is 283 g/mol. The van der Waals surface area contributed by atoms with Crippen molar-refractivity contribution in [1.82, 2.24) is 10.3 Å². The van der Waals surface area contributed by atoms with Gasteiger partial charge in [0, 0.05) is 19.5 Å². The molecule has 3 rings (SSSR count). The fourth-order valence-electron chi connectivity index (χ4n) is 2.85. The quantitative estimate of drug-likeness (QED) is 0.504. The molecule has 1 fully saturated rings. The number of rotatable bonds is 3. The fraction of sp³-hybridized carbons (Fsp3) is 0.250. The van der Waals surface area contributed by atoms with Crippen molar-refractivity contribution in [3.05, 3.63) is 48.0 Å². The van der Waals surface area contributed by atoms with Crippen molar-refractivity contribution in [3.63, 3.8) is 0 Å². The number of likely N-dealkylation sites (tertiary alicyclic amines) is 1. The Labute approximate surface area is 122 Å². The topological polar surface area (TPSA) is 75.4 Å². The summed E-state index contributed by atoms with van der Waals surface area (Å²) in [4.78, 5) is 25.3. The number of hydrogen-bond donors (Lipinski definition) is 2. The molecule has 0 bridgehead atoms. The Hall–Kier alpha value is -2.40. The number of nitrogens with two attached hydrogens (primary N) is 1. The summed E-state index contributed by atoms with van der Waals surface area (Å²) < 4.78 is 0. The number of nitrogens with one attached hydrogen (secondary N) is 1. The van der Waals surface area contributed by atoms with Gasteiger partial charge in [0.25, 0.3) is 0 Å². The Balaban J connectivity index is 1.83. The molecule has 0 aliphatic carbocycles. The minimum atomic E-state index is -0.350. The monoisotopic (exact) mass is 283 g/mol. The van der Waals surface area contributed by atoms with Crippen LogP contribution in [0, 0.1) is 5.92 Å². The number of carbonyl (C=O) groups excluding carboxylic acids is 2. The number of hydrogen-bond acceptors (Lipinski definition) is 3. The van der Waals surface area contributed by atoms with Crippen molar-refractivity contribution < 1.29 is 9.59 Å². The molecular weight excluding hydrogens is 266 g/mol. The van der Waals surface area contributed by atoms with Crippen LogP contribution >= 0.6 is 0 Å². The van der Waals surface area contributed by atoms with E-state index in [2.05, 4.69) is 23.6 Å². The zero-order valence-electron chi connectivity index (χ0n) is 11.6. The molecule has 1 atom stereocenters. The maximum absolute atomic E-state index is 12.1. The molecule has 21 heavy (non-hydrogen) atoms. The van der Waals surface area contributed by atoms with Crippen molar-refractivity contribution in [2.24, 2.45) is 11.8 Å². The summed E-state index contributed by atoms with van der Waals surface area (Å²) in [6.07, 6.45) is 0.230. The van der Waals surface area contributed by atoms with Gasteiger partial charge in [-0.3, -0.25) is 15.0 Å². The Bertz CT molecular complexity index is 693. The summed E-state index contributed by atoms with van der Waals surface area (Å²) in [6, 6.07) is 14.1. The van der Waals surface area contributed by atoms with Gasteiger partial charge in [0.15, 0.2) is 0 Å². The van der Waals surface area contributed by atoms with Crippen LogP contribution < -0.4 is 11.3 Å². The number of benzene rings is 2. The van der Waals surface area contributed by atoms with Crippen LogP contribution in [0.5, 0.6) is 0 Å². The van der Waals surface area contributed by atoms with Crippen molar-refractivity contribution >= 4 is 22.6 Å². The van der Waals surface area contributed by atoms with Crippen LogP contribution in [0.4, 0.5) is 0 Å².